The number of carbonyl (C=O) groups excluding carboxylic acids is 1. The maximum atomic E-state index is 12.7. The van der Waals surface area contributed by atoms with E-state index in [0.717, 1.165) is 39.4 Å². The molecule has 2 aromatic carbocycles. The van der Waals surface area contributed by atoms with Crippen molar-refractivity contribution in [2.75, 3.05) is 17.4 Å². The summed E-state index contributed by atoms with van der Waals surface area (Å²) in [6.07, 6.45) is 0.931. The van der Waals surface area contributed by atoms with E-state index in [0.29, 0.717) is 5.75 Å². The van der Waals surface area contributed by atoms with E-state index in [1.807, 2.05) is 35.2 Å². The monoisotopic (exact) mass is 419 g/mol. The first-order valence-corrected chi connectivity index (χ1v) is 10.1. The van der Waals surface area contributed by atoms with Crippen molar-refractivity contribution in [2.45, 2.75) is 25.1 Å². The molecule has 0 saturated carbocycles. The lowest BCUT2D eigenvalue weighted by Crippen LogP contribution is -2.37. The summed E-state index contributed by atoms with van der Waals surface area (Å²) in [6.45, 7) is 2.38. The lowest BCUT2D eigenvalue weighted by atomic mass is 10.1. The molecule has 0 fully saturated rings. The number of para-hydroxylation sites is 1. The van der Waals surface area contributed by atoms with Gasteiger partial charge in [-0.3, -0.25) is 4.79 Å². The molecule has 25 heavy (non-hydrogen) atoms. The van der Waals surface area contributed by atoms with Crippen molar-refractivity contribution in [3.8, 4) is 11.5 Å². The maximum Gasteiger partial charge on any atom is 0.237 e. The molecule has 0 saturated heterocycles. The summed E-state index contributed by atoms with van der Waals surface area (Å²) >= 11 is 5.19. The average Bonchev–Trinajstić information content (AvgIpc) is 3.17. The van der Waals surface area contributed by atoms with Crippen LogP contribution in [0.4, 0.5) is 5.69 Å². The summed E-state index contributed by atoms with van der Waals surface area (Å²) in [5, 5.41) is 0. The van der Waals surface area contributed by atoms with E-state index in [-0.39, 0.29) is 18.7 Å². The summed E-state index contributed by atoms with van der Waals surface area (Å²) in [5.74, 6) is 2.90. The van der Waals surface area contributed by atoms with Gasteiger partial charge in [-0.25, -0.2) is 0 Å². The summed E-state index contributed by atoms with van der Waals surface area (Å²) in [7, 11) is 0. The van der Waals surface area contributed by atoms with E-state index in [9.17, 15) is 4.79 Å². The zero-order valence-electron chi connectivity index (χ0n) is 13.8. The fourth-order valence-electron chi connectivity index (χ4n) is 3.33. The minimum absolute atomic E-state index is 0.166. The highest BCUT2D eigenvalue weighted by Gasteiger charge is 2.30. The fraction of sp³-hybridized carbons (Fsp3) is 0.316. The van der Waals surface area contributed by atoms with Crippen LogP contribution in [0.15, 0.2) is 40.9 Å². The lowest BCUT2D eigenvalue weighted by molar-refractivity contribution is -0.116. The lowest BCUT2D eigenvalue weighted by Gasteiger charge is -2.22. The molecule has 0 aliphatic carbocycles. The number of halogens is 1. The van der Waals surface area contributed by atoms with Crippen LogP contribution in [0.5, 0.6) is 11.5 Å². The molecule has 0 bridgehead atoms. The summed E-state index contributed by atoms with van der Waals surface area (Å²) in [4.78, 5) is 14.7. The smallest absolute Gasteiger partial charge is 0.237 e. The quantitative estimate of drug-likeness (QED) is 0.736. The molecule has 0 unspecified atom stereocenters. The number of thioether (sulfide) groups is 1. The largest absolute Gasteiger partial charge is 0.454 e. The second-order valence-corrected chi connectivity index (χ2v) is 8.08. The average molecular weight is 420 g/mol. The zero-order valence-corrected chi connectivity index (χ0v) is 16.2. The first-order chi connectivity index (χ1) is 12.1. The van der Waals surface area contributed by atoms with E-state index < -0.39 is 0 Å². The predicted molar refractivity (Wildman–Crippen MR) is 104 cm³/mol. The van der Waals surface area contributed by atoms with Crippen molar-refractivity contribution in [2.24, 2.45) is 0 Å². The molecule has 0 radical (unpaired) electrons. The number of benzene rings is 2. The van der Waals surface area contributed by atoms with Crippen LogP contribution >= 0.6 is 27.7 Å². The van der Waals surface area contributed by atoms with Crippen LogP contribution in [0, 0.1) is 0 Å². The molecule has 0 aromatic heterocycles. The molecule has 1 atom stereocenters. The zero-order chi connectivity index (χ0) is 17.4. The van der Waals surface area contributed by atoms with Crippen LogP contribution in [0.1, 0.15) is 18.1 Å². The fourth-order valence-corrected chi connectivity index (χ4v) is 4.86. The Kier molecular flexibility index (Phi) is 4.65. The Balaban J connectivity index is 1.40. The van der Waals surface area contributed by atoms with Crippen molar-refractivity contribution >= 4 is 39.3 Å². The Labute approximate surface area is 159 Å². The van der Waals surface area contributed by atoms with Gasteiger partial charge in [0.1, 0.15) is 0 Å². The van der Waals surface area contributed by atoms with Gasteiger partial charge in [-0.15, -0.1) is 11.8 Å². The van der Waals surface area contributed by atoms with Gasteiger partial charge in [0.05, 0.1) is 5.75 Å². The van der Waals surface area contributed by atoms with Crippen LogP contribution < -0.4 is 14.4 Å². The first-order valence-electron chi connectivity index (χ1n) is 8.19. The number of amides is 1. The predicted octanol–water partition coefficient (Wildman–Crippen LogP) is 4.39. The SMILES string of the molecule is C[C@H]1Cc2ccccc2N1C(=O)CSCc1cc2c(cc1Br)OCO2. The van der Waals surface area contributed by atoms with Crippen molar-refractivity contribution in [1.82, 2.24) is 0 Å². The highest BCUT2D eigenvalue weighted by Crippen LogP contribution is 2.38. The number of ether oxygens (including phenoxy) is 2. The van der Waals surface area contributed by atoms with Crippen LogP contribution in [0.25, 0.3) is 0 Å². The minimum Gasteiger partial charge on any atom is -0.454 e. The van der Waals surface area contributed by atoms with Crippen LogP contribution in [-0.4, -0.2) is 24.5 Å². The molecule has 130 valence electrons. The topological polar surface area (TPSA) is 38.8 Å². The molecule has 4 nitrogen and oxygen atoms in total. The van der Waals surface area contributed by atoms with Crippen LogP contribution in [0.3, 0.4) is 0 Å². The molecule has 1 amide bonds. The highest BCUT2D eigenvalue weighted by molar-refractivity contribution is 9.10. The summed E-state index contributed by atoms with van der Waals surface area (Å²) < 4.78 is 11.8. The van der Waals surface area contributed by atoms with E-state index in [2.05, 4.69) is 28.9 Å². The number of nitrogens with zero attached hydrogens (tertiary/aromatic N) is 1. The van der Waals surface area contributed by atoms with E-state index >= 15 is 0 Å². The van der Waals surface area contributed by atoms with Gasteiger partial charge in [0.25, 0.3) is 0 Å². The number of hydrogen-bond donors (Lipinski definition) is 0. The molecule has 2 aromatic rings. The third-order valence-corrected chi connectivity index (χ3v) is 6.21. The summed E-state index contributed by atoms with van der Waals surface area (Å²) in [6, 6.07) is 12.3. The van der Waals surface area contributed by atoms with E-state index in [4.69, 9.17) is 9.47 Å². The number of anilines is 1. The molecule has 4 rings (SSSR count). The van der Waals surface area contributed by atoms with Gasteiger partial charge in [0, 0.05) is 22.0 Å². The molecule has 6 heteroatoms. The molecule has 2 heterocycles. The minimum atomic E-state index is 0.166. The second kappa shape index (κ2) is 6.92. The molecular formula is C19H18BrNO3S. The summed E-state index contributed by atoms with van der Waals surface area (Å²) in [5.41, 5.74) is 3.42. The number of rotatable bonds is 4. The van der Waals surface area contributed by atoms with Crippen molar-refractivity contribution in [1.29, 1.82) is 0 Å². The molecule has 0 N–H and O–H groups in total. The van der Waals surface area contributed by atoms with Gasteiger partial charge in [0.2, 0.25) is 12.7 Å². The van der Waals surface area contributed by atoms with E-state index in [1.165, 1.54) is 5.56 Å². The number of carbonyl (C=O) groups is 1. The van der Waals surface area contributed by atoms with E-state index in [1.54, 1.807) is 11.8 Å². The molecular weight excluding hydrogens is 402 g/mol. The van der Waals surface area contributed by atoms with Crippen molar-refractivity contribution in [3.05, 3.63) is 52.0 Å². The van der Waals surface area contributed by atoms with Crippen LogP contribution in [-0.2, 0) is 17.0 Å². The maximum absolute atomic E-state index is 12.7. The Hall–Kier alpha value is -1.66. The molecule has 2 aliphatic heterocycles. The van der Waals surface area contributed by atoms with Crippen LogP contribution in [0.2, 0.25) is 0 Å². The number of fused-ring (bicyclic) bond motifs is 2. The number of hydrogen-bond acceptors (Lipinski definition) is 4. The molecule has 0 spiro atoms. The van der Waals surface area contributed by atoms with Gasteiger partial charge < -0.3 is 14.4 Å². The third-order valence-electron chi connectivity index (χ3n) is 4.50. The Morgan fingerprint density at radius 2 is 2.04 bits per heavy atom. The van der Waals surface area contributed by atoms with Crippen molar-refractivity contribution in [3.63, 3.8) is 0 Å². The molecule has 2 aliphatic rings. The van der Waals surface area contributed by atoms with Crippen molar-refractivity contribution < 1.29 is 14.3 Å². The standard InChI is InChI=1S/C19H18BrNO3S/c1-12-6-13-4-2-3-5-16(13)21(12)19(22)10-25-9-14-7-17-18(8-15(14)20)24-11-23-17/h2-5,7-8,12H,6,9-11H2,1H3/t12-/m0/s1. The highest BCUT2D eigenvalue weighted by atomic mass is 79.9. The normalized spacial score (nSPS) is 17.7. The first kappa shape index (κ1) is 16.8. The van der Waals surface area contributed by atoms with Gasteiger partial charge in [-0.05, 0) is 42.7 Å². The van der Waals surface area contributed by atoms with Gasteiger partial charge in [-0.1, -0.05) is 34.1 Å². The Morgan fingerprint density at radius 3 is 2.88 bits per heavy atom. The van der Waals surface area contributed by atoms with Gasteiger partial charge in [0.15, 0.2) is 11.5 Å². The Morgan fingerprint density at radius 1 is 1.28 bits per heavy atom. The Bertz CT molecular complexity index is 826. The third kappa shape index (κ3) is 3.25. The second-order valence-electron chi connectivity index (χ2n) is 6.24. The van der Waals surface area contributed by atoms with Gasteiger partial charge >= 0.3 is 0 Å². The van der Waals surface area contributed by atoms with Gasteiger partial charge in [-0.2, -0.15) is 0 Å².